The van der Waals surface area contributed by atoms with Gasteiger partial charge in [0, 0.05) is 0 Å². The van der Waals surface area contributed by atoms with Crippen LogP contribution in [0.3, 0.4) is 0 Å². The van der Waals surface area contributed by atoms with Crippen molar-refractivity contribution in [3.63, 3.8) is 0 Å². The maximum absolute atomic E-state index is 11.0. The van der Waals surface area contributed by atoms with Crippen molar-refractivity contribution in [2.45, 2.75) is 20.3 Å². The van der Waals surface area contributed by atoms with Crippen molar-refractivity contribution < 1.29 is 19.5 Å². The molecule has 0 aliphatic heterocycles. The smallest absolute Gasteiger partial charge is 0.307 e. The van der Waals surface area contributed by atoms with Crippen molar-refractivity contribution >= 4 is 11.7 Å². The molecule has 3 rings (SSSR count). The Morgan fingerprint density at radius 3 is 2.32 bits per heavy atom. The van der Waals surface area contributed by atoms with Crippen LogP contribution in [0.5, 0.6) is 5.75 Å². The zero-order valence-corrected chi connectivity index (χ0v) is 17.8. The molecule has 2 N–H and O–H groups in total. The number of hydrogen-bond acceptors (Lipinski definition) is 4. The summed E-state index contributed by atoms with van der Waals surface area (Å²) in [5.74, 6) is -0.187. The molecular formula is C26H27NO4. The molecule has 0 atom stereocenters. The van der Waals surface area contributed by atoms with Crippen molar-refractivity contribution in [1.82, 2.24) is 5.48 Å². The van der Waals surface area contributed by atoms with E-state index < -0.39 is 5.97 Å². The zero-order chi connectivity index (χ0) is 22.1. The molecule has 0 heterocycles. The van der Waals surface area contributed by atoms with E-state index in [2.05, 4.69) is 41.9 Å². The van der Waals surface area contributed by atoms with Crippen molar-refractivity contribution in [3.05, 3.63) is 95.6 Å². The number of carboxylic acid groups (broad SMARTS) is 1. The molecule has 31 heavy (non-hydrogen) atoms. The van der Waals surface area contributed by atoms with Gasteiger partial charge in [0.1, 0.15) is 19.0 Å². The van der Waals surface area contributed by atoms with Gasteiger partial charge in [-0.1, -0.05) is 72.8 Å². The molecule has 3 aromatic rings. The molecule has 0 fully saturated rings. The first kappa shape index (κ1) is 22.1. The molecular weight excluding hydrogens is 390 g/mol. The Morgan fingerprint density at radius 1 is 0.935 bits per heavy atom. The van der Waals surface area contributed by atoms with Crippen molar-refractivity contribution in [2.75, 3.05) is 13.2 Å². The lowest BCUT2D eigenvalue weighted by Gasteiger charge is -2.14. The van der Waals surface area contributed by atoms with Crippen LogP contribution in [0.15, 0.2) is 78.9 Å². The van der Waals surface area contributed by atoms with Gasteiger partial charge >= 0.3 is 5.97 Å². The fourth-order valence-electron chi connectivity index (χ4n) is 3.25. The predicted octanol–water partition coefficient (Wildman–Crippen LogP) is 5.25. The summed E-state index contributed by atoms with van der Waals surface area (Å²) in [4.78, 5) is 16.5. The zero-order valence-electron chi connectivity index (χ0n) is 17.8. The Hall–Kier alpha value is -3.57. The van der Waals surface area contributed by atoms with E-state index in [0.29, 0.717) is 19.0 Å². The number of ether oxygens (including phenoxy) is 1. The number of allylic oxidation sites excluding steroid dienone is 1. The van der Waals surface area contributed by atoms with Crippen LogP contribution in [0.4, 0.5) is 0 Å². The number of aliphatic carboxylic acids is 1. The molecule has 160 valence electrons. The van der Waals surface area contributed by atoms with Crippen LogP contribution in [0.25, 0.3) is 16.8 Å². The third-order valence-electron chi connectivity index (χ3n) is 4.95. The Kier molecular flexibility index (Phi) is 7.85. The van der Waals surface area contributed by atoms with E-state index in [4.69, 9.17) is 14.7 Å². The molecule has 5 heteroatoms. The van der Waals surface area contributed by atoms with Gasteiger partial charge in [0.25, 0.3) is 0 Å². The minimum atomic E-state index is -0.858. The molecule has 5 nitrogen and oxygen atoms in total. The van der Waals surface area contributed by atoms with E-state index >= 15 is 0 Å². The SMILES string of the molecule is CC=C(NOCCOc1cccc(CC(=O)O)c1C)c1ccc(-c2ccccc2)cc1. The van der Waals surface area contributed by atoms with Crippen LogP contribution in [-0.4, -0.2) is 24.3 Å². The predicted molar refractivity (Wildman–Crippen MR) is 123 cm³/mol. The molecule has 0 radical (unpaired) electrons. The summed E-state index contributed by atoms with van der Waals surface area (Å²) in [6, 6.07) is 24.0. The third-order valence-corrected chi connectivity index (χ3v) is 4.95. The molecule has 0 unspecified atom stereocenters. The second-order valence-corrected chi connectivity index (χ2v) is 7.06. The highest BCUT2D eigenvalue weighted by Gasteiger charge is 2.08. The minimum Gasteiger partial charge on any atom is -0.491 e. The van der Waals surface area contributed by atoms with Crippen molar-refractivity contribution in [2.24, 2.45) is 0 Å². The summed E-state index contributed by atoms with van der Waals surface area (Å²) in [6.45, 7) is 4.49. The molecule has 0 bridgehead atoms. The van der Waals surface area contributed by atoms with Gasteiger partial charge in [-0.25, -0.2) is 0 Å². The number of benzene rings is 3. The van der Waals surface area contributed by atoms with E-state index in [9.17, 15) is 4.79 Å². The second kappa shape index (κ2) is 11.0. The lowest BCUT2D eigenvalue weighted by Crippen LogP contribution is -2.18. The van der Waals surface area contributed by atoms with Crippen LogP contribution in [0.1, 0.15) is 23.6 Å². The molecule has 0 aliphatic rings. The van der Waals surface area contributed by atoms with Gasteiger partial charge < -0.3 is 9.84 Å². The number of rotatable bonds is 10. The largest absolute Gasteiger partial charge is 0.491 e. The van der Waals surface area contributed by atoms with E-state index in [-0.39, 0.29) is 6.42 Å². The van der Waals surface area contributed by atoms with Crippen LogP contribution in [0, 0.1) is 6.92 Å². The number of hydrogen-bond donors (Lipinski definition) is 2. The summed E-state index contributed by atoms with van der Waals surface area (Å²) in [5, 5.41) is 9.00. The quantitative estimate of drug-likeness (QED) is 0.348. The summed E-state index contributed by atoms with van der Waals surface area (Å²) < 4.78 is 5.77. The van der Waals surface area contributed by atoms with Gasteiger partial charge in [-0.3, -0.25) is 15.1 Å². The van der Waals surface area contributed by atoms with Crippen LogP contribution < -0.4 is 10.2 Å². The molecule has 0 saturated carbocycles. The van der Waals surface area contributed by atoms with Gasteiger partial charge in [-0.15, -0.1) is 0 Å². The summed E-state index contributed by atoms with van der Waals surface area (Å²) >= 11 is 0. The average molecular weight is 418 g/mol. The number of carbonyl (C=O) groups is 1. The van der Waals surface area contributed by atoms with E-state index in [1.54, 1.807) is 12.1 Å². The highest BCUT2D eigenvalue weighted by atomic mass is 16.7. The van der Waals surface area contributed by atoms with E-state index in [1.807, 2.05) is 44.2 Å². The lowest BCUT2D eigenvalue weighted by molar-refractivity contribution is -0.136. The fraction of sp³-hybridized carbons (Fsp3) is 0.192. The molecule has 0 aliphatic carbocycles. The maximum atomic E-state index is 11.0. The first-order valence-corrected chi connectivity index (χ1v) is 10.2. The highest BCUT2D eigenvalue weighted by molar-refractivity contribution is 5.71. The average Bonchev–Trinajstić information content (AvgIpc) is 2.79. The normalized spacial score (nSPS) is 11.2. The summed E-state index contributed by atoms with van der Waals surface area (Å²) in [5.41, 5.74) is 8.82. The Balaban J connectivity index is 1.49. The second-order valence-electron chi connectivity index (χ2n) is 7.06. The summed E-state index contributed by atoms with van der Waals surface area (Å²) in [6.07, 6.45) is 1.94. The van der Waals surface area contributed by atoms with Crippen molar-refractivity contribution in [1.29, 1.82) is 0 Å². The fourth-order valence-corrected chi connectivity index (χ4v) is 3.25. The minimum absolute atomic E-state index is 0.0190. The Bertz CT molecular complexity index is 1030. The van der Waals surface area contributed by atoms with E-state index in [1.165, 1.54) is 5.56 Å². The first-order chi connectivity index (χ1) is 15.1. The third kappa shape index (κ3) is 6.20. The van der Waals surface area contributed by atoms with Gasteiger partial charge in [0.15, 0.2) is 0 Å². The number of hydroxylamine groups is 1. The molecule has 0 saturated heterocycles. The van der Waals surface area contributed by atoms with Gasteiger partial charge in [-0.2, -0.15) is 0 Å². The lowest BCUT2D eigenvalue weighted by atomic mass is 10.0. The van der Waals surface area contributed by atoms with Gasteiger partial charge in [-0.05, 0) is 47.7 Å². The molecule has 3 aromatic carbocycles. The highest BCUT2D eigenvalue weighted by Crippen LogP contribution is 2.23. The Labute approximate surface area is 182 Å². The van der Waals surface area contributed by atoms with Crippen molar-refractivity contribution in [3.8, 4) is 16.9 Å². The summed E-state index contributed by atoms with van der Waals surface area (Å²) in [7, 11) is 0. The van der Waals surface area contributed by atoms with E-state index in [0.717, 1.165) is 28.0 Å². The maximum Gasteiger partial charge on any atom is 0.307 e. The van der Waals surface area contributed by atoms with Crippen LogP contribution in [-0.2, 0) is 16.1 Å². The monoisotopic (exact) mass is 417 g/mol. The van der Waals surface area contributed by atoms with Crippen LogP contribution >= 0.6 is 0 Å². The first-order valence-electron chi connectivity index (χ1n) is 10.2. The van der Waals surface area contributed by atoms with Gasteiger partial charge in [0.05, 0.1) is 12.1 Å². The molecule has 0 spiro atoms. The number of nitrogens with one attached hydrogen (secondary N) is 1. The molecule has 0 aromatic heterocycles. The topological polar surface area (TPSA) is 67.8 Å². The standard InChI is InChI=1S/C26H27NO4/c1-3-24(22-14-12-21(13-15-22)20-8-5-4-6-9-20)27-31-17-16-30-25-11-7-10-23(19(25)2)18-26(28)29/h3-15,27H,16-18H2,1-2H3,(H,28,29). The van der Waals surface area contributed by atoms with Gasteiger partial charge in [0.2, 0.25) is 0 Å². The molecule has 0 amide bonds. The van der Waals surface area contributed by atoms with Crippen LogP contribution in [0.2, 0.25) is 0 Å². The Morgan fingerprint density at radius 2 is 1.65 bits per heavy atom. The number of carboxylic acids is 1.